The van der Waals surface area contributed by atoms with Crippen LogP contribution < -0.4 is 5.84 Å². The number of rotatable bonds is 1. The van der Waals surface area contributed by atoms with Crippen molar-refractivity contribution in [1.82, 2.24) is 4.41 Å². The Labute approximate surface area is 46.4 Å². The van der Waals surface area contributed by atoms with Gasteiger partial charge in [-0.1, -0.05) is 0 Å². The van der Waals surface area contributed by atoms with E-state index in [1.807, 2.05) is 0 Å². The van der Waals surface area contributed by atoms with Gasteiger partial charge in [0.1, 0.15) is 0 Å². The van der Waals surface area contributed by atoms with Gasteiger partial charge in [0.25, 0.3) is 0 Å². The van der Waals surface area contributed by atoms with Crippen molar-refractivity contribution in [2.75, 3.05) is 7.05 Å². The van der Waals surface area contributed by atoms with Gasteiger partial charge < -0.3 is 0 Å². The van der Waals surface area contributed by atoms with Crippen LogP contribution in [0.2, 0.25) is 0 Å². The first-order valence-electron chi connectivity index (χ1n) is 1.38. The van der Waals surface area contributed by atoms with Crippen LogP contribution in [0, 0.1) is 0 Å². The fourth-order valence-electron chi connectivity index (χ4n) is 0. The van der Waals surface area contributed by atoms with Gasteiger partial charge in [-0.15, -0.1) is 4.41 Å². The van der Waals surface area contributed by atoms with Crippen LogP contribution in [0.15, 0.2) is 0 Å². The molecule has 0 aliphatic heterocycles. The summed E-state index contributed by atoms with van der Waals surface area (Å²) in [4.78, 5) is 0. The first-order valence-corrected chi connectivity index (χ1v) is 3.64. The Hall–Kier alpha value is 0.160. The summed E-state index contributed by atoms with van der Waals surface area (Å²) in [7, 11) is 2.12. The van der Waals surface area contributed by atoms with E-state index < -0.39 is 9.24 Å². The van der Waals surface area contributed by atoms with Crippen LogP contribution in [0.3, 0.4) is 0 Å². The molecule has 4 nitrogen and oxygen atoms in total. The molecule has 0 rings (SSSR count). The van der Waals surface area contributed by atoms with Crippen molar-refractivity contribution in [2.45, 2.75) is 0 Å². The Kier molecular flexibility index (Phi) is 2.00. The molecule has 0 spiro atoms. The number of halogens is 1. The molecule has 0 saturated heterocycles. The zero-order valence-corrected chi connectivity index (χ0v) is 5.20. The van der Waals surface area contributed by atoms with Gasteiger partial charge in [-0.05, 0) is 0 Å². The van der Waals surface area contributed by atoms with Crippen LogP contribution in [0.1, 0.15) is 0 Å². The van der Waals surface area contributed by atoms with E-state index in [0.717, 1.165) is 7.05 Å². The lowest BCUT2D eigenvalue weighted by Gasteiger charge is -1.99. The third-order valence-corrected chi connectivity index (χ3v) is 1.69. The maximum atomic E-state index is 9.90. The molecule has 0 unspecified atom stereocenters. The molecule has 0 aliphatic rings. The highest BCUT2D eigenvalue weighted by Crippen LogP contribution is 1.94. The molecule has 7 heavy (non-hydrogen) atoms. The van der Waals surface area contributed by atoms with Crippen LogP contribution in [-0.4, -0.2) is 19.9 Å². The molecular formula is CH5ClN2O2S. The van der Waals surface area contributed by atoms with Gasteiger partial charge in [-0.2, -0.15) is 8.42 Å². The number of hydrazine groups is 1. The summed E-state index contributed by atoms with van der Waals surface area (Å²) in [6.07, 6.45) is 0. The van der Waals surface area contributed by atoms with Crippen molar-refractivity contribution in [1.29, 1.82) is 0 Å². The van der Waals surface area contributed by atoms with Gasteiger partial charge in [0.05, 0.1) is 0 Å². The SMILES string of the molecule is CN(N)S(=O)(=O)Cl. The maximum absolute atomic E-state index is 9.90. The number of hydrogen-bond acceptors (Lipinski definition) is 3. The zero-order valence-electron chi connectivity index (χ0n) is 3.63. The zero-order chi connectivity index (χ0) is 6.08. The van der Waals surface area contributed by atoms with E-state index in [1.54, 1.807) is 0 Å². The molecule has 0 aliphatic carbocycles. The Morgan fingerprint density at radius 1 is 1.71 bits per heavy atom. The molecule has 0 heterocycles. The second-order valence-corrected chi connectivity index (χ2v) is 3.53. The lowest BCUT2D eigenvalue weighted by molar-refractivity contribution is 0.502. The molecule has 2 N–H and O–H groups in total. The average molecular weight is 145 g/mol. The summed E-state index contributed by atoms with van der Waals surface area (Å²) in [5.74, 6) is 4.68. The Morgan fingerprint density at radius 3 is 1.86 bits per heavy atom. The van der Waals surface area contributed by atoms with E-state index in [2.05, 4.69) is 16.5 Å². The molecule has 0 aromatic heterocycles. The summed E-state index contributed by atoms with van der Waals surface area (Å²) in [6.45, 7) is 0. The largest absolute Gasteiger partial charge is 0.312 e. The molecule has 0 amide bonds. The van der Waals surface area contributed by atoms with Crippen molar-refractivity contribution in [2.24, 2.45) is 5.84 Å². The van der Waals surface area contributed by atoms with Crippen LogP contribution in [0.4, 0.5) is 0 Å². The highest BCUT2D eigenvalue weighted by Gasteiger charge is 2.05. The van der Waals surface area contributed by atoms with Crippen LogP contribution >= 0.6 is 10.7 Å². The smallest absolute Gasteiger partial charge is 0.254 e. The Balaban J connectivity index is 4.10. The molecule has 0 aromatic rings. The summed E-state index contributed by atoms with van der Waals surface area (Å²) in [6, 6.07) is 0. The molecule has 0 fully saturated rings. The van der Waals surface area contributed by atoms with Crippen molar-refractivity contribution < 1.29 is 8.42 Å². The van der Waals surface area contributed by atoms with Crippen molar-refractivity contribution in [3.8, 4) is 0 Å². The Bertz CT molecular complexity index is 138. The van der Waals surface area contributed by atoms with E-state index in [-0.39, 0.29) is 0 Å². The van der Waals surface area contributed by atoms with Gasteiger partial charge in [-0.25, -0.2) is 0 Å². The van der Waals surface area contributed by atoms with E-state index in [9.17, 15) is 8.42 Å². The highest BCUT2D eigenvalue weighted by molar-refractivity contribution is 8.11. The first kappa shape index (κ1) is 7.16. The lowest BCUT2D eigenvalue weighted by atomic mass is 11.5. The first-order chi connectivity index (χ1) is 2.94. The van der Waals surface area contributed by atoms with Crippen molar-refractivity contribution >= 4 is 19.9 Å². The topological polar surface area (TPSA) is 63.4 Å². The average Bonchev–Trinajstić information content (AvgIpc) is 1.31. The standard InChI is InChI=1S/CH5ClN2O2S/c1-4(3)7(2,5)6/h3H2,1H3. The maximum Gasteiger partial charge on any atom is 0.312 e. The van der Waals surface area contributed by atoms with Gasteiger partial charge in [0, 0.05) is 17.7 Å². The molecule has 0 aromatic carbocycles. The quantitative estimate of drug-likeness (QED) is 0.300. The molecule has 0 saturated carbocycles. The third kappa shape index (κ3) is 2.81. The van der Waals surface area contributed by atoms with Gasteiger partial charge >= 0.3 is 9.24 Å². The second kappa shape index (κ2) is 1.95. The number of nitrogens with two attached hydrogens (primary N) is 1. The predicted octanol–water partition coefficient (Wildman–Crippen LogP) is -0.724. The van der Waals surface area contributed by atoms with Gasteiger partial charge in [-0.3, -0.25) is 5.84 Å². The van der Waals surface area contributed by atoms with Gasteiger partial charge in [0.15, 0.2) is 0 Å². The Morgan fingerprint density at radius 2 is 1.86 bits per heavy atom. The molecule has 0 bridgehead atoms. The predicted molar refractivity (Wildman–Crippen MR) is 26.7 cm³/mol. The lowest BCUT2D eigenvalue weighted by Crippen LogP contribution is -2.28. The van der Waals surface area contributed by atoms with E-state index in [0.29, 0.717) is 4.41 Å². The summed E-state index contributed by atoms with van der Waals surface area (Å²) in [5.41, 5.74) is 0. The van der Waals surface area contributed by atoms with Crippen molar-refractivity contribution in [3.05, 3.63) is 0 Å². The van der Waals surface area contributed by atoms with Gasteiger partial charge in [0.2, 0.25) is 0 Å². The molecule has 44 valence electrons. The highest BCUT2D eigenvalue weighted by atomic mass is 35.7. The minimum absolute atomic E-state index is 0.425. The van der Waals surface area contributed by atoms with E-state index >= 15 is 0 Å². The normalized spacial score (nSPS) is 12.6. The fourth-order valence-corrected chi connectivity index (χ4v) is 0. The monoisotopic (exact) mass is 144 g/mol. The minimum atomic E-state index is -3.66. The van der Waals surface area contributed by atoms with Crippen LogP contribution in [0.5, 0.6) is 0 Å². The molecule has 0 radical (unpaired) electrons. The molecule has 6 heteroatoms. The van der Waals surface area contributed by atoms with Crippen LogP contribution in [0.25, 0.3) is 0 Å². The minimum Gasteiger partial charge on any atom is -0.254 e. The summed E-state index contributed by atoms with van der Waals surface area (Å²) < 4.78 is 20.2. The number of hydrogen-bond donors (Lipinski definition) is 1. The summed E-state index contributed by atoms with van der Waals surface area (Å²) in [5, 5.41) is 0. The van der Waals surface area contributed by atoms with Crippen LogP contribution in [-0.2, 0) is 9.24 Å². The van der Waals surface area contributed by atoms with E-state index in [1.165, 1.54) is 0 Å². The second-order valence-electron chi connectivity index (χ2n) is 0.958. The molecular weight excluding hydrogens is 140 g/mol. The third-order valence-electron chi connectivity index (χ3n) is 0.344. The fraction of sp³-hybridized carbons (Fsp3) is 1.00. The molecule has 0 atom stereocenters. The van der Waals surface area contributed by atoms with E-state index in [4.69, 9.17) is 0 Å². The summed E-state index contributed by atoms with van der Waals surface area (Å²) >= 11 is 0. The number of nitrogens with zero attached hydrogens (tertiary/aromatic N) is 1. The van der Waals surface area contributed by atoms with Crippen molar-refractivity contribution in [3.63, 3.8) is 0 Å².